The van der Waals surface area contributed by atoms with Crippen LogP contribution in [0.15, 0.2) is 20.7 Å². The van der Waals surface area contributed by atoms with E-state index in [0.29, 0.717) is 0 Å². The quantitative estimate of drug-likeness (QED) is 0.636. The molecule has 0 radical (unpaired) electrons. The van der Waals surface area contributed by atoms with Crippen molar-refractivity contribution in [3.05, 3.63) is 20.7 Å². The van der Waals surface area contributed by atoms with Gasteiger partial charge >= 0.3 is 82.2 Å². The fraction of sp³-hybridized carbons (Fsp3) is 0.556. The first-order chi connectivity index (χ1) is 4.91. The molecule has 1 rings (SSSR count). The summed E-state index contributed by atoms with van der Waals surface area (Å²) in [5.74, 6) is 0. The molecule has 0 N–H and O–H groups in total. The average molecular weight is 272 g/mol. The van der Waals surface area contributed by atoms with Gasteiger partial charge in [0.05, 0.1) is 0 Å². The summed E-state index contributed by atoms with van der Waals surface area (Å²) in [5.41, 5.74) is 1.61. The smallest absolute Gasteiger partial charge is 0.147 e. The molecule has 75 valence electrons. The maximum atomic E-state index is 2.42. The first kappa shape index (κ1) is 16.4. The summed E-state index contributed by atoms with van der Waals surface area (Å²) < 4.78 is 1.54. The molecule has 0 spiro atoms. The Morgan fingerprint density at radius 3 is 1.85 bits per heavy atom. The zero-order valence-corrected chi connectivity index (χ0v) is 12.8. The molecule has 1 aliphatic carbocycles. The van der Waals surface area contributed by atoms with Gasteiger partial charge in [0, 0.05) is 0 Å². The van der Waals surface area contributed by atoms with Crippen molar-refractivity contribution in [1.29, 1.82) is 0 Å². The molecule has 0 saturated heterocycles. The van der Waals surface area contributed by atoms with Gasteiger partial charge in [-0.3, -0.25) is 0 Å². The molecule has 0 heterocycles. The number of halogens is 2. The maximum absolute atomic E-state index is 2.42. The average Bonchev–Trinajstić information content (AvgIpc) is 2.08. The summed E-state index contributed by atoms with van der Waals surface area (Å²) in [5, 5.41) is 1.68. The minimum Gasteiger partial charge on any atom is -0.147 e. The van der Waals surface area contributed by atoms with Crippen LogP contribution in [0.2, 0.25) is 19.6 Å². The number of rotatable bonds is 1. The second kappa shape index (κ2) is 5.77. The van der Waals surface area contributed by atoms with Crippen molar-refractivity contribution >= 4 is 32.9 Å². The van der Waals surface area contributed by atoms with E-state index < -0.39 is 8.07 Å². The predicted octanol–water partition coefficient (Wildman–Crippen LogP) is 3.86. The van der Waals surface area contributed by atoms with E-state index in [1.165, 1.54) is 6.42 Å². The van der Waals surface area contributed by atoms with Gasteiger partial charge in [-0.05, 0) is 0 Å². The molecule has 0 bridgehead atoms. The minimum absolute atomic E-state index is 0. The van der Waals surface area contributed by atoms with E-state index in [1.54, 1.807) is 14.6 Å². The van der Waals surface area contributed by atoms with Gasteiger partial charge in [-0.1, -0.05) is 0 Å². The molecular formula is C9H17Cl2SiTi. The van der Waals surface area contributed by atoms with Crippen molar-refractivity contribution in [1.82, 2.24) is 0 Å². The first-order valence-electron chi connectivity index (χ1n) is 4.03. The van der Waals surface area contributed by atoms with Crippen LogP contribution in [-0.4, -0.2) is 8.07 Å². The van der Waals surface area contributed by atoms with E-state index in [-0.39, 0.29) is 24.8 Å². The molecule has 1 aliphatic rings. The van der Waals surface area contributed by atoms with Crippen LogP contribution in [-0.2, 0) is 20.4 Å². The molecule has 0 aromatic heterocycles. The number of hydrogen-bond donors (Lipinski definition) is 0. The van der Waals surface area contributed by atoms with Gasteiger partial charge in [0.25, 0.3) is 0 Å². The van der Waals surface area contributed by atoms with E-state index in [1.807, 2.05) is 0 Å². The minimum atomic E-state index is -1.03. The van der Waals surface area contributed by atoms with Crippen LogP contribution in [0.1, 0.15) is 13.3 Å². The third kappa shape index (κ3) is 4.35. The molecular weight excluding hydrogens is 255 g/mol. The summed E-state index contributed by atoms with van der Waals surface area (Å²) in [4.78, 5) is 0. The molecule has 0 saturated carbocycles. The second-order valence-electron chi connectivity index (χ2n) is 4.29. The van der Waals surface area contributed by atoms with Gasteiger partial charge in [0.1, 0.15) is 0 Å². The molecule has 0 amide bonds. The van der Waals surface area contributed by atoms with Crippen LogP contribution in [0.5, 0.6) is 0 Å². The second-order valence-corrected chi connectivity index (χ2v) is 10.3. The van der Waals surface area contributed by atoms with Gasteiger partial charge < -0.3 is 0 Å². The predicted molar refractivity (Wildman–Crippen MR) is 63.2 cm³/mol. The molecule has 0 fully saturated rings. The molecule has 4 heteroatoms. The Morgan fingerprint density at radius 1 is 1.23 bits per heavy atom. The monoisotopic (exact) mass is 271 g/mol. The molecule has 0 aliphatic heterocycles. The van der Waals surface area contributed by atoms with Crippen LogP contribution >= 0.6 is 24.8 Å². The Balaban J connectivity index is 0. The summed E-state index contributed by atoms with van der Waals surface area (Å²) in [7, 11) is -1.03. The Morgan fingerprint density at radius 2 is 1.69 bits per heavy atom. The van der Waals surface area contributed by atoms with Gasteiger partial charge in [-0.2, -0.15) is 0 Å². The molecule has 13 heavy (non-hydrogen) atoms. The third-order valence-electron chi connectivity index (χ3n) is 2.04. The standard InChI is InChI=1S/C9H15Si.2ClH.Ti/c1-8-6-5-7-9(8)10(2,3)4;;;/h7H,6H2,1-4H3;2*1H;. The fourth-order valence-corrected chi connectivity index (χ4v) is 4.43. The molecule has 0 unspecified atom stereocenters. The van der Waals surface area contributed by atoms with Gasteiger partial charge in [-0.15, -0.1) is 24.8 Å². The molecule has 0 aromatic carbocycles. The van der Waals surface area contributed by atoms with Gasteiger partial charge in [0.15, 0.2) is 0 Å². The number of allylic oxidation sites excluding steroid dienone is 4. The molecule has 0 nitrogen and oxygen atoms in total. The normalized spacial score (nSPS) is 16.1. The van der Waals surface area contributed by atoms with Crippen LogP contribution in [0.4, 0.5) is 0 Å². The van der Waals surface area contributed by atoms with Crippen molar-refractivity contribution < 1.29 is 20.4 Å². The van der Waals surface area contributed by atoms with Crippen LogP contribution in [0.3, 0.4) is 0 Å². The van der Waals surface area contributed by atoms with Gasteiger partial charge in [-0.25, -0.2) is 0 Å². The summed E-state index contributed by atoms with van der Waals surface area (Å²) in [6, 6.07) is 0. The zero-order chi connectivity index (χ0) is 8.65. The van der Waals surface area contributed by atoms with Crippen molar-refractivity contribution in [2.45, 2.75) is 33.0 Å². The molecule has 0 atom stereocenters. The summed E-state index contributed by atoms with van der Waals surface area (Å²) >= 11 is 2.23. The third-order valence-corrected chi connectivity index (χ3v) is 4.73. The largest absolute Gasteiger partial charge is 0.147 e. The summed E-state index contributed by atoms with van der Waals surface area (Å²) in [6.07, 6.45) is 3.63. The fourth-order valence-electron chi connectivity index (χ4n) is 1.59. The van der Waals surface area contributed by atoms with E-state index in [9.17, 15) is 0 Å². The SMILES string of the molecule is CC1=C([Si](C)(C)C)C=[C]([Ti])C1.Cl.Cl. The zero-order valence-electron chi connectivity index (χ0n) is 8.60. The van der Waals surface area contributed by atoms with Crippen LogP contribution in [0.25, 0.3) is 0 Å². The number of hydrogen-bond acceptors (Lipinski definition) is 0. The Labute approximate surface area is 106 Å². The van der Waals surface area contributed by atoms with E-state index in [2.05, 4.69) is 53.1 Å². The van der Waals surface area contributed by atoms with Gasteiger partial charge in [0.2, 0.25) is 0 Å². The Bertz CT molecular complexity index is 238. The topological polar surface area (TPSA) is 0 Å². The van der Waals surface area contributed by atoms with E-state index in [0.717, 1.165) is 0 Å². The van der Waals surface area contributed by atoms with E-state index >= 15 is 0 Å². The Kier molecular flexibility index (Phi) is 7.29. The van der Waals surface area contributed by atoms with Crippen molar-refractivity contribution in [3.8, 4) is 0 Å². The van der Waals surface area contributed by atoms with Crippen LogP contribution < -0.4 is 0 Å². The summed E-state index contributed by atoms with van der Waals surface area (Å²) in [6.45, 7) is 9.53. The van der Waals surface area contributed by atoms with Crippen molar-refractivity contribution in [2.24, 2.45) is 0 Å². The van der Waals surface area contributed by atoms with Crippen molar-refractivity contribution in [3.63, 3.8) is 0 Å². The van der Waals surface area contributed by atoms with Crippen LogP contribution in [0, 0.1) is 0 Å². The first-order valence-corrected chi connectivity index (χ1v) is 8.32. The Hall–Kier alpha value is 0.991. The van der Waals surface area contributed by atoms with Crippen molar-refractivity contribution in [2.75, 3.05) is 0 Å². The van der Waals surface area contributed by atoms with E-state index in [4.69, 9.17) is 0 Å². The maximum Gasteiger partial charge on any atom is -0.147 e. The molecule has 0 aromatic rings.